The van der Waals surface area contributed by atoms with Gasteiger partial charge in [0.15, 0.2) is 0 Å². The van der Waals surface area contributed by atoms with Crippen LogP contribution in [0.15, 0.2) is 54.6 Å². The fourth-order valence-corrected chi connectivity index (χ4v) is 2.53. The number of carbonyl (C=O) groups is 1. The zero-order valence-corrected chi connectivity index (χ0v) is 14.2. The van der Waals surface area contributed by atoms with Crippen LogP contribution in [0.4, 0.5) is 0 Å². The molecule has 2 aromatic carbocycles. The number of nitrogens with one attached hydrogen (secondary N) is 1. The van der Waals surface area contributed by atoms with E-state index < -0.39 is 0 Å². The van der Waals surface area contributed by atoms with E-state index in [9.17, 15) is 9.90 Å². The number of carbonyl (C=O) groups excluding carboxylic acids is 1. The molecule has 2 rings (SSSR count). The lowest BCUT2D eigenvalue weighted by Gasteiger charge is -2.18. The van der Waals surface area contributed by atoms with E-state index in [0.717, 1.165) is 16.9 Å². The van der Waals surface area contributed by atoms with E-state index in [1.165, 1.54) is 0 Å². The minimum Gasteiger partial charge on any atom is -0.491 e. The predicted octanol–water partition coefficient (Wildman–Crippen LogP) is 2.74. The molecule has 0 radical (unpaired) electrons. The van der Waals surface area contributed by atoms with Crippen LogP contribution in [0, 0.1) is 0 Å². The van der Waals surface area contributed by atoms with Crippen molar-refractivity contribution in [1.29, 1.82) is 0 Å². The molecule has 0 saturated heterocycles. The van der Waals surface area contributed by atoms with E-state index in [4.69, 9.17) is 4.74 Å². The Hall–Kier alpha value is -2.33. The van der Waals surface area contributed by atoms with Gasteiger partial charge in [0.1, 0.15) is 5.75 Å². The summed E-state index contributed by atoms with van der Waals surface area (Å²) in [6, 6.07) is 17.1. The molecule has 0 saturated carbocycles. The Morgan fingerprint density at radius 3 is 2.42 bits per heavy atom. The molecule has 1 atom stereocenters. The highest BCUT2D eigenvalue weighted by Crippen LogP contribution is 2.20. The molecule has 0 aliphatic carbocycles. The Labute approximate surface area is 143 Å². The van der Waals surface area contributed by atoms with Crippen molar-refractivity contribution in [3.63, 3.8) is 0 Å². The van der Waals surface area contributed by atoms with E-state index in [1.807, 2.05) is 68.4 Å². The summed E-state index contributed by atoms with van der Waals surface area (Å²) in [7, 11) is 0. The molecule has 0 aliphatic rings. The van der Waals surface area contributed by atoms with Crippen LogP contribution in [-0.2, 0) is 17.6 Å². The lowest BCUT2D eigenvalue weighted by Crippen LogP contribution is -2.40. The predicted molar refractivity (Wildman–Crippen MR) is 95.1 cm³/mol. The van der Waals surface area contributed by atoms with Crippen LogP contribution in [0.5, 0.6) is 5.75 Å². The lowest BCUT2D eigenvalue weighted by molar-refractivity contribution is -0.121. The van der Waals surface area contributed by atoms with E-state index in [0.29, 0.717) is 6.42 Å². The van der Waals surface area contributed by atoms with Gasteiger partial charge < -0.3 is 15.2 Å². The van der Waals surface area contributed by atoms with Crippen LogP contribution in [-0.4, -0.2) is 29.8 Å². The summed E-state index contributed by atoms with van der Waals surface area (Å²) < 4.78 is 5.74. The zero-order chi connectivity index (χ0) is 17.4. The molecule has 0 heterocycles. The van der Waals surface area contributed by atoms with Crippen molar-refractivity contribution in [1.82, 2.24) is 5.32 Å². The number of ether oxygens (including phenoxy) is 1. The number of benzene rings is 2. The Balaban J connectivity index is 1.97. The minimum absolute atomic E-state index is 0.0532. The van der Waals surface area contributed by atoms with Crippen LogP contribution in [0.2, 0.25) is 0 Å². The molecule has 2 N–H and O–H groups in total. The number of aliphatic hydroxyl groups excluding tert-OH is 1. The van der Waals surface area contributed by atoms with Crippen LogP contribution in [0.25, 0.3) is 0 Å². The van der Waals surface area contributed by atoms with Gasteiger partial charge in [0.05, 0.1) is 25.2 Å². The Kier molecular flexibility index (Phi) is 6.82. The van der Waals surface area contributed by atoms with Crippen molar-refractivity contribution in [2.75, 3.05) is 6.61 Å². The quantitative estimate of drug-likeness (QED) is 0.784. The number of amides is 1. The van der Waals surface area contributed by atoms with Gasteiger partial charge in [-0.1, -0.05) is 48.5 Å². The molecule has 4 heteroatoms. The summed E-state index contributed by atoms with van der Waals surface area (Å²) in [5, 5.41) is 12.4. The van der Waals surface area contributed by atoms with E-state index >= 15 is 0 Å². The van der Waals surface area contributed by atoms with Crippen LogP contribution < -0.4 is 10.1 Å². The van der Waals surface area contributed by atoms with Crippen molar-refractivity contribution in [2.45, 2.75) is 38.8 Å². The molecule has 1 amide bonds. The lowest BCUT2D eigenvalue weighted by atomic mass is 10.1. The minimum atomic E-state index is -0.293. The van der Waals surface area contributed by atoms with Crippen molar-refractivity contribution >= 4 is 5.91 Å². The Morgan fingerprint density at radius 1 is 1.08 bits per heavy atom. The van der Waals surface area contributed by atoms with Gasteiger partial charge in [-0.25, -0.2) is 0 Å². The maximum absolute atomic E-state index is 12.3. The van der Waals surface area contributed by atoms with Gasteiger partial charge in [0.2, 0.25) is 5.91 Å². The third kappa shape index (κ3) is 5.70. The standard InChI is InChI=1S/C20H25NO3/c1-15(2)24-19-11-7-6-10-17(19)13-20(23)21-18(14-22)12-16-8-4-3-5-9-16/h3-11,15,18,22H,12-14H2,1-2H3,(H,21,23). The average molecular weight is 327 g/mol. The van der Waals surface area contributed by atoms with Crippen molar-refractivity contribution < 1.29 is 14.6 Å². The highest BCUT2D eigenvalue weighted by molar-refractivity contribution is 5.79. The maximum Gasteiger partial charge on any atom is 0.224 e. The van der Waals surface area contributed by atoms with Crippen LogP contribution in [0.3, 0.4) is 0 Å². The van der Waals surface area contributed by atoms with E-state index in [2.05, 4.69) is 5.32 Å². The number of hydrogen-bond acceptors (Lipinski definition) is 3. The first-order valence-corrected chi connectivity index (χ1v) is 8.27. The number of hydrogen-bond donors (Lipinski definition) is 2. The van der Waals surface area contributed by atoms with Gasteiger partial charge in [0, 0.05) is 5.56 Å². The second-order valence-corrected chi connectivity index (χ2v) is 6.09. The summed E-state index contributed by atoms with van der Waals surface area (Å²) in [5.74, 6) is 0.607. The number of rotatable bonds is 8. The number of aliphatic hydroxyl groups is 1. The summed E-state index contributed by atoms with van der Waals surface area (Å²) in [6.07, 6.45) is 0.888. The highest BCUT2D eigenvalue weighted by atomic mass is 16.5. The van der Waals surface area contributed by atoms with Crippen molar-refractivity contribution in [2.24, 2.45) is 0 Å². The first-order valence-electron chi connectivity index (χ1n) is 8.27. The topological polar surface area (TPSA) is 58.6 Å². The normalized spacial score (nSPS) is 12.0. The monoisotopic (exact) mass is 327 g/mol. The van der Waals surface area contributed by atoms with Gasteiger partial charge in [-0.05, 0) is 31.9 Å². The van der Waals surface area contributed by atoms with E-state index in [-0.39, 0.29) is 31.1 Å². The van der Waals surface area contributed by atoms with Gasteiger partial charge in [0.25, 0.3) is 0 Å². The molecular formula is C20H25NO3. The van der Waals surface area contributed by atoms with Gasteiger partial charge in [-0.3, -0.25) is 4.79 Å². The average Bonchev–Trinajstić information content (AvgIpc) is 2.56. The fourth-order valence-electron chi connectivity index (χ4n) is 2.53. The second kappa shape index (κ2) is 9.08. The molecular weight excluding hydrogens is 302 g/mol. The van der Waals surface area contributed by atoms with Crippen molar-refractivity contribution in [3.8, 4) is 5.75 Å². The third-order valence-corrected chi connectivity index (χ3v) is 3.60. The van der Waals surface area contributed by atoms with E-state index in [1.54, 1.807) is 0 Å². The highest BCUT2D eigenvalue weighted by Gasteiger charge is 2.14. The summed E-state index contributed by atoms with van der Waals surface area (Å²) in [4.78, 5) is 12.3. The largest absolute Gasteiger partial charge is 0.491 e. The molecule has 24 heavy (non-hydrogen) atoms. The zero-order valence-electron chi connectivity index (χ0n) is 14.2. The summed E-state index contributed by atoms with van der Waals surface area (Å²) in [6.45, 7) is 3.82. The Bertz CT molecular complexity index is 640. The summed E-state index contributed by atoms with van der Waals surface area (Å²) >= 11 is 0. The Morgan fingerprint density at radius 2 is 1.75 bits per heavy atom. The SMILES string of the molecule is CC(C)Oc1ccccc1CC(=O)NC(CO)Cc1ccccc1. The van der Waals surface area contributed by atoms with Crippen LogP contribution >= 0.6 is 0 Å². The molecule has 0 spiro atoms. The number of para-hydroxylation sites is 1. The second-order valence-electron chi connectivity index (χ2n) is 6.09. The molecule has 0 fully saturated rings. The van der Waals surface area contributed by atoms with Gasteiger partial charge in [-0.2, -0.15) is 0 Å². The molecule has 2 aromatic rings. The maximum atomic E-state index is 12.3. The third-order valence-electron chi connectivity index (χ3n) is 3.60. The first-order chi connectivity index (χ1) is 11.6. The molecule has 4 nitrogen and oxygen atoms in total. The first kappa shape index (κ1) is 18.0. The summed E-state index contributed by atoms with van der Waals surface area (Å²) in [5.41, 5.74) is 1.93. The molecule has 0 aliphatic heterocycles. The smallest absolute Gasteiger partial charge is 0.224 e. The molecule has 0 aromatic heterocycles. The fraction of sp³-hybridized carbons (Fsp3) is 0.350. The van der Waals surface area contributed by atoms with Gasteiger partial charge in [-0.15, -0.1) is 0 Å². The van der Waals surface area contributed by atoms with Crippen LogP contribution in [0.1, 0.15) is 25.0 Å². The molecule has 128 valence electrons. The molecule has 1 unspecified atom stereocenters. The van der Waals surface area contributed by atoms with Gasteiger partial charge >= 0.3 is 0 Å². The van der Waals surface area contributed by atoms with Crippen molar-refractivity contribution in [3.05, 3.63) is 65.7 Å². The molecule has 0 bridgehead atoms.